The van der Waals surface area contributed by atoms with E-state index in [1.54, 1.807) is 18.4 Å². The van der Waals surface area contributed by atoms with Gasteiger partial charge in [0.05, 0.1) is 19.8 Å². The van der Waals surface area contributed by atoms with Crippen LogP contribution in [0.1, 0.15) is 27.4 Å². The van der Waals surface area contributed by atoms with Gasteiger partial charge >= 0.3 is 0 Å². The van der Waals surface area contributed by atoms with E-state index in [0.29, 0.717) is 19.7 Å². The quantitative estimate of drug-likeness (QED) is 0.360. The minimum Gasteiger partial charge on any atom is -0.488 e. The van der Waals surface area contributed by atoms with E-state index in [1.165, 1.54) is 10.4 Å². The highest BCUT2D eigenvalue weighted by atomic mass is 127. The molecule has 1 unspecified atom stereocenters. The number of thiazole rings is 1. The average Bonchev–Trinajstić information content (AvgIpc) is 3.28. The number of aromatic nitrogens is 1. The van der Waals surface area contributed by atoms with Crippen LogP contribution in [0.5, 0.6) is 5.75 Å². The third-order valence-corrected chi connectivity index (χ3v) is 5.06. The van der Waals surface area contributed by atoms with E-state index in [1.807, 2.05) is 6.20 Å². The van der Waals surface area contributed by atoms with Crippen molar-refractivity contribution in [2.24, 2.45) is 4.99 Å². The number of nitrogens with one attached hydrogen (secondary N) is 2. The van der Waals surface area contributed by atoms with Crippen LogP contribution in [0.25, 0.3) is 0 Å². The maximum atomic E-state index is 6.15. The predicted molar refractivity (Wildman–Crippen MR) is 120 cm³/mol. The first-order valence-corrected chi connectivity index (χ1v) is 9.65. The number of hydrogen-bond donors (Lipinski definition) is 2. The Hall–Kier alpha value is -1.39. The first-order valence-electron chi connectivity index (χ1n) is 8.84. The van der Waals surface area contributed by atoms with Crippen LogP contribution >= 0.6 is 35.3 Å². The highest BCUT2D eigenvalue weighted by Crippen LogP contribution is 2.23. The molecular formula is C19H27IN4O2S. The van der Waals surface area contributed by atoms with Crippen LogP contribution in [-0.4, -0.2) is 37.3 Å². The monoisotopic (exact) mass is 502 g/mol. The molecule has 0 aliphatic carbocycles. The van der Waals surface area contributed by atoms with Crippen molar-refractivity contribution in [3.8, 4) is 5.75 Å². The molecule has 1 fully saturated rings. The van der Waals surface area contributed by atoms with E-state index in [0.717, 1.165) is 35.3 Å². The standard InChI is InChI=1S/C19H26N4O2S.HI/c1-13-4-5-15(17(8-13)25-16-6-7-24-12-16)10-22-19(20-3)23-11-18-21-9-14(2)26-18;/h4-5,8-9,16H,6-7,10-12H2,1-3H3,(H2,20,22,23);1H. The van der Waals surface area contributed by atoms with Gasteiger partial charge in [-0.1, -0.05) is 12.1 Å². The second kappa shape index (κ2) is 10.8. The molecule has 27 heavy (non-hydrogen) atoms. The van der Waals surface area contributed by atoms with Crippen molar-refractivity contribution in [3.05, 3.63) is 45.4 Å². The number of halogens is 1. The van der Waals surface area contributed by atoms with Gasteiger partial charge in [-0.05, 0) is 25.5 Å². The molecule has 8 heteroatoms. The van der Waals surface area contributed by atoms with E-state index in [4.69, 9.17) is 9.47 Å². The molecule has 0 saturated carbocycles. The largest absolute Gasteiger partial charge is 0.488 e. The topological polar surface area (TPSA) is 67.8 Å². The second-order valence-corrected chi connectivity index (χ2v) is 7.68. The van der Waals surface area contributed by atoms with Crippen LogP contribution in [0.3, 0.4) is 0 Å². The molecule has 0 amide bonds. The summed E-state index contributed by atoms with van der Waals surface area (Å²) >= 11 is 1.69. The van der Waals surface area contributed by atoms with Gasteiger partial charge in [0.15, 0.2) is 5.96 Å². The number of hydrogen-bond acceptors (Lipinski definition) is 5. The van der Waals surface area contributed by atoms with Crippen LogP contribution in [-0.2, 0) is 17.8 Å². The Kier molecular flexibility index (Phi) is 8.78. The van der Waals surface area contributed by atoms with Crippen molar-refractivity contribution in [3.63, 3.8) is 0 Å². The van der Waals surface area contributed by atoms with Gasteiger partial charge in [-0.3, -0.25) is 4.99 Å². The van der Waals surface area contributed by atoms with Gasteiger partial charge in [0.25, 0.3) is 0 Å². The van der Waals surface area contributed by atoms with E-state index < -0.39 is 0 Å². The molecule has 2 N–H and O–H groups in total. The third kappa shape index (κ3) is 6.62. The molecule has 2 aromatic rings. The van der Waals surface area contributed by atoms with Gasteiger partial charge in [0.2, 0.25) is 0 Å². The minimum absolute atomic E-state index is 0. The van der Waals surface area contributed by atoms with Gasteiger partial charge in [-0.25, -0.2) is 4.98 Å². The highest BCUT2D eigenvalue weighted by Gasteiger charge is 2.18. The Balaban J connectivity index is 0.00000261. The molecule has 1 aromatic carbocycles. The lowest BCUT2D eigenvalue weighted by atomic mass is 10.1. The first kappa shape index (κ1) is 21.9. The summed E-state index contributed by atoms with van der Waals surface area (Å²) in [5.74, 6) is 1.66. The van der Waals surface area contributed by atoms with Crippen LogP contribution in [0.15, 0.2) is 29.4 Å². The molecular weight excluding hydrogens is 475 g/mol. The molecule has 2 heterocycles. The van der Waals surface area contributed by atoms with Crippen LogP contribution in [0.4, 0.5) is 0 Å². The second-order valence-electron chi connectivity index (χ2n) is 6.36. The van der Waals surface area contributed by atoms with Crippen molar-refractivity contribution < 1.29 is 9.47 Å². The van der Waals surface area contributed by atoms with Crippen molar-refractivity contribution in [2.45, 2.75) is 39.5 Å². The summed E-state index contributed by atoms with van der Waals surface area (Å²) in [6, 6.07) is 6.29. The zero-order chi connectivity index (χ0) is 18.4. The average molecular weight is 502 g/mol. The molecule has 1 aliphatic rings. The Morgan fingerprint density at radius 3 is 2.81 bits per heavy atom. The molecule has 0 radical (unpaired) electrons. The van der Waals surface area contributed by atoms with Gasteiger partial charge < -0.3 is 20.1 Å². The molecule has 148 valence electrons. The molecule has 1 aliphatic heterocycles. The van der Waals surface area contributed by atoms with Crippen molar-refractivity contribution in [1.82, 2.24) is 15.6 Å². The van der Waals surface area contributed by atoms with E-state index in [2.05, 4.69) is 52.7 Å². The molecule has 3 rings (SSSR count). The zero-order valence-corrected chi connectivity index (χ0v) is 19.1. The Bertz CT molecular complexity index is 760. The number of benzene rings is 1. The number of guanidine groups is 1. The smallest absolute Gasteiger partial charge is 0.191 e. The van der Waals surface area contributed by atoms with Crippen LogP contribution in [0, 0.1) is 13.8 Å². The Morgan fingerprint density at radius 2 is 2.15 bits per heavy atom. The van der Waals surface area contributed by atoms with Gasteiger partial charge in [0, 0.05) is 36.7 Å². The lowest BCUT2D eigenvalue weighted by Gasteiger charge is -2.18. The number of nitrogens with zero attached hydrogens (tertiary/aromatic N) is 2. The molecule has 1 saturated heterocycles. The Morgan fingerprint density at radius 1 is 1.33 bits per heavy atom. The summed E-state index contributed by atoms with van der Waals surface area (Å²) in [6.07, 6.45) is 2.97. The van der Waals surface area contributed by atoms with Crippen molar-refractivity contribution >= 4 is 41.3 Å². The number of rotatable bonds is 6. The number of aliphatic imine (C=N–C) groups is 1. The van der Waals surface area contributed by atoms with Crippen molar-refractivity contribution in [1.29, 1.82) is 0 Å². The summed E-state index contributed by atoms with van der Waals surface area (Å²) in [5, 5.41) is 7.70. The van der Waals surface area contributed by atoms with Gasteiger partial charge in [-0.2, -0.15) is 0 Å². The first-order chi connectivity index (χ1) is 12.6. The number of ether oxygens (including phenoxy) is 2. The van der Waals surface area contributed by atoms with Gasteiger partial charge in [-0.15, -0.1) is 35.3 Å². The SMILES string of the molecule is CN=C(NCc1ncc(C)s1)NCc1ccc(C)cc1OC1CCOC1.I. The van der Waals surface area contributed by atoms with Gasteiger partial charge in [0.1, 0.15) is 16.9 Å². The fourth-order valence-electron chi connectivity index (χ4n) is 2.74. The van der Waals surface area contributed by atoms with Crippen LogP contribution in [0.2, 0.25) is 0 Å². The summed E-state index contributed by atoms with van der Waals surface area (Å²) in [6.45, 7) is 6.87. The molecule has 1 atom stereocenters. The maximum absolute atomic E-state index is 6.15. The van der Waals surface area contributed by atoms with Crippen molar-refractivity contribution in [2.75, 3.05) is 20.3 Å². The van der Waals surface area contributed by atoms with E-state index in [9.17, 15) is 0 Å². The fourth-order valence-corrected chi connectivity index (χ4v) is 3.47. The Labute approximate surface area is 181 Å². The summed E-state index contributed by atoms with van der Waals surface area (Å²) in [7, 11) is 1.77. The molecule has 6 nitrogen and oxygen atoms in total. The van der Waals surface area contributed by atoms with E-state index in [-0.39, 0.29) is 30.1 Å². The normalized spacial score (nSPS) is 16.7. The predicted octanol–water partition coefficient (Wildman–Crippen LogP) is 3.41. The van der Waals surface area contributed by atoms with E-state index >= 15 is 0 Å². The molecule has 0 bridgehead atoms. The molecule has 1 aromatic heterocycles. The third-order valence-electron chi connectivity index (χ3n) is 4.15. The lowest BCUT2D eigenvalue weighted by molar-refractivity contribution is 0.140. The fraction of sp³-hybridized carbons (Fsp3) is 0.474. The highest BCUT2D eigenvalue weighted by molar-refractivity contribution is 14.0. The van der Waals surface area contributed by atoms with Crippen LogP contribution < -0.4 is 15.4 Å². The summed E-state index contributed by atoms with van der Waals surface area (Å²) < 4.78 is 11.6. The lowest BCUT2D eigenvalue weighted by Crippen LogP contribution is -2.36. The summed E-state index contributed by atoms with van der Waals surface area (Å²) in [5.41, 5.74) is 2.29. The molecule has 0 spiro atoms. The zero-order valence-electron chi connectivity index (χ0n) is 15.9. The number of aryl methyl sites for hydroxylation is 2. The summed E-state index contributed by atoms with van der Waals surface area (Å²) in [4.78, 5) is 9.86. The minimum atomic E-state index is 0. The maximum Gasteiger partial charge on any atom is 0.191 e.